The molecule has 1 saturated carbocycles. The molecule has 2 aliphatic rings. The van der Waals surface area contributed by atoms with Gasteiger partial charge in [0.05, 0.1) is 18.1 Å². The van der Waals surface area contributed by atoms with Gasteiger partial charge < -0.3 is 10.6 Å². The predicted molar refractivity (Wildman–Crippen MR) is 74.7 cm³/mol. The van der Waals surface area contributed by atoms with Crippen molar-refractivity contribution in [2.45, 2.75) is 50.6 Å². The number of nitrogens with two attached hydrogens (primary N) is 1. The van der Waals surface area contributed by atoms with Crippen molar-refractivity contribution in [2.24, 2.45) is 10.7 Å². The molecule has 4 nitrogen and oxygen atoms in total. The smallest absolute Gasteiger partial charge is 0.192 e. The number of rotatable bonds is 2. The first-order valence-electron chi connectivity index (χ1n) is 6.83. The Morgan fingerprint density at radius 1 is 1.22 bits per heavy atom. The Labute approximate surface area is 112 Å². The van der Waals surface area contributed by atoms with E-state index in [0.717, 1.165) is 12.5 Å². The highest BCUT2D eigenvalue weighted by molar-refractivity contribution is 7.09. The first-order valence-corrected chi connectivity index (χ1v) is 7.71. The Morgan fingerprint density at radius 2 is 2.00 bits per heavy atom. The third-order valence-electron chi connectivity index (χ3n) is 4.02. The van der Waals surface area contributed by atoms with Gasteiger partial charge in [0.25, 0.3) is 0 Å². The van der Waals surface area contributed by atoms with Crippen LogP contribution in [0.3, 0.4) is 0 Å². The van der Waals surface area contributed by atoms with Crippen LogP contribution in [0.4, 0.5) is 0 Å². The van der Waals surface area contributed by atoms with Crippen LogP contribution >= 0.6 is 11.3 Å². The number of aliphatic imine (C=N–C) groups is 1. The van der Waals surface area contributed by atoms with Crippen molar-refractivity contribution in [3.8, 4) is 0 Å². The van der Waals surface area contributed by atoms with Crippen molar-refractivity contribution < 1.29 is 0 Å². The molecule has 2 heterocycles. The number of guanidine groups is 1. The van der Waals surface area contributed by atoms with Crippen LogP contribution in [0.25, 0.3) is 0 Å². The van der Waals surface area contributed by atoms with Crippen LogP contribution in [-0.4, -0.2) is 28.4 Å². The molecule has 0 aromatic carbocycles. The van der Waals surface area contributed by atoms with E-state index in [4.69, 9.17) is 5.73 Å². The van der Waals surface area contributed by atoms with E-state index in [2.05, 4.69) is 14.9 Å². The van der Waals surface area contributed by atoms with Crippen LogP contribution in [0.15, 0.2) is 16.7 Å². The third kappa shape index (κ3) is 2.23. The number of hydrogen-bond donors (Lipinski definition) is 1. The topological polar surface area (TPSA) is 54.5 Å². The highest BCUT2D eigenvalue weighted by Crippen LogP contribution is 2.34. The Balaban J connectivity index is 1.80. The van der Waals surface area contributed by atoms with Gasteiger partial charge in [0.15, 0.2) is 5.96 Å². The minimum Gasteiger partial charge on any atom is -0.370 e. The maximum atomic E-state index is 6.12. The number of nitrogens with zero attached hydrogens (tertiary/aromatic N) is 3. The summed E-state index contributed by atoms with van der Waals surface area (Å²) in [5, 5.41) is 0. The van der Waals surface area contributed by atoms with Crippen LogP contribution in [0.2, 0.25) is 0 Å². The normalized spacial score (nSPS) is 26.1. The maximum absolute atomic E-state index is 6.12. The van der Waals surface area contributed by atoms with Crippen molar-refractivity contribution in [2.75, 3.05) is 6.54 Å². The molecular weight excluding hydrogens is 244 g/mol. The molecule has 3 rings (SSSR count). The third-order valence-corrected chi connectivity index (χ3v) is 4.90. The second-order valence-electron chi connectivity index (χ2n) is 5.17. The second-order valence-corrected chi connectivity index (χ2v) is 6.09. The van der Waals surface area contributed by atoms with Gasteiger partial charge in [0.2, 0.25) is 0 Å². The van der Waals surface area contributed by atoms with Crippen molar-refractivity contribution in [3.63, 3.8) is 0 Å². The molecule has 0 spiro atoms. The lowest BCUT2D eigenvalue weighted by atomic mass is 10.1. The summed E-state index contributed by atoms with van der Waals surface area (Å²) in [6.45, 7) is 0.796. The molecule has 1 aromatic rings. The highest BCUT2D eigenvalue weighted by Gasteiger charge is 2.34. The highest BCUT2D eigenvalue weighted by atomic mass is 32.1. The van der Waals surface area contributed by atoms with Gasteiger partial charge in [0.1, 0.15) is 0 Å². The Kier molecular flexibility index (Phi) is 3.50. The average molecular weight is 264 g/mol. The zero-order valence-electron chi connectivity index (χ0n) is 10.6. The summed E-state index contributed by atoms with van der Waals surface area (Å²) >= 11 is 1.71. The molecule has 1 aromatic heterocycles. The molecule has 1 unspecified atom stereocenters. The van der Waals surface area contributed by atoms with E-state index < -0.39 is 0 Å². The summed E-state index contributed by atoms with van der Waals surface area (Å²) in [4.78, 5) is 12.3. The van der Waals surface area contributed by atoms with E-state index in [-0.39, 0.29) is 0 Å². The molecule has 18 heavy (non-hydrogen) atoms. The first kappa shape index (κ1) is 12.0. The fourth-order valence-corrected chi connectivity index (χ4v) is 3.81. The predicted octanol–water partition coefficient (Wildman–Crippen LogP) is 2.54. The van der Waals surface area contributed by atoms with Gasteiger partial charge in [-0.15, -0.1) is 11.3 Å². The Bertz CT molecular complexity index is 407. The summed E-state index contributed by atoms with van der Waals surface area (Å²) in [7, 11) is 0. The van der Waals surface area contributed by atoms with Gasteiger partial charge in [-0.1, -0.05) is 25.7 Å². The minimum absolute atomic E-state index is 0.334. The molecule has 1 aliphatic heterocycles. The van der Waals surface area contributed by atoms with Crippen LogP contribution in [0.1, 0.15) is 49.4 Å². The lowest BCUT2D eigenvalue weighted by Crippen LogP contribution is -2.43. The lowest BCUT2D eigenvalue weighted by Gasteiger charge is -2.33. The van der Waals surface area contributed by atoms with E-state index in [9.17, 15) is 0 Å². The fourth-order valence-electron chi connectivity index (χ4n) is 3.10. The monoisotopic (exact) mass is 264 g/mol. The zero-order chi connectivity index (χ0) is 12.4. The van der Waals surface area contributed by atoms with Crippen LogP contribution < -0.4 is 5.73 Å². The number of thiazole rings is 1. The van der Waals surface area contributed by atoms with E-state index in [1.165, 1.54) is 43.4 Å². The van der Waals surface area contributed by atoms with E-state index in [1.54, 1.807) is 11.3 Å². The van der Waals surface area contributed by atoms with Gasteiger partial charge in [0, 0.05) is 17.1 Å². The molecule has 1 aliphatic carbocycles. The van der Waals surface area contributed by atoms with Crippen molar-refractivity contribution in [1.29, 1.82) is 0 Å². The summed E-state index contributed by atoms with van der Waals surface area (Å²) in [6, 6.07) is 0.909. The average Bonchev–Trinajstić information content (AvgIpc) is 2.93. The van der Waals surface area contributed by atoms with E-state index >= 15 is 0 Å². The molecule has 1 atom stereocenters. The lowest BCUT2D eigenvalue weighted by molar-refractivity contribution is 0.239. The summed E-state index contributed by atoms with van der Waals surface area (Å²) < 4.78 is 0. The van der Waals surface area contributed by atoms with Gasteiger partial charge in [-0.25, -0.2) is 0 Å². The molecule has 2 N–H and O–H groups in total. The molecular formula is C13H20N4S. The van der Waals surface area contributed by atoms with Crippen molar-refractivity contribution in [3.05, 3.63) is 16.6 Å². The molecule has 0 bridgehead atoms. The summed E-state index contributed by atoms with van der Waals surface area (Å²) in [5.74, 6) is 0.736. The Hall–Kier alpha value is -1.10. The first-order chi connectivity index (χ1) is 8.86. The maximum Gasteiger partial charge on any atom is 0.192 e. The van der Waals surface area contributed by atoms with Crippen LogP contribution in [-0.2, 0) is 0 Å². The second kappa shape index (κ2) is 5.26. The molecule has 98 valence electrons. The summed E-state index contributed by atoms with van der Waals surface area (Å²) in [6.07, 6.45) is 9.86. The van der Waals surface area contributed by atoms with E-state index in [0.29, 0.717) is 12.1 Å². The van der Waals surface area contributed by atoms with Gasteiger partial charge >= 0.3 is 0 Å². The van der Waals surface area contributed by atoms with Gasteiger partial charge in [-0.2, -0.15) is 0 Å². The largest absolute Gasteiger partial charge is 0.370 e. The van der Waals surface area contributed by atoms with Crippen molar-refractivity contribution >= 4 is 17.3 Å². The van der Waals surface area contributed by atoms with Gasteiger partial charge in [-0.3, -0.25) is 9.98 Å². The summed E-state index contributed by atoms with van der Waals surface area (Å²) in [5.41, 5.74) is 8.02. The standard InChI is InChI=1S/C13H20N4S/c14-13-16-7-11(12-8-15-9-18-12)17(13)10-5-3-1-2-4-6-10/h8-11H,1-7H2,(H2,14,16). The van der Waals surface area contributed by atoms with E-state index in [1.807, 2.05) is 11.7 Å². The minimum atomic E-state index is 0.334. The number of aromatic nitrogens is 1. The van der Waals surface area contributed by atoms with Crippen LogP contribution in [0.5, 0.6) is 0 Å². The van der Waals surface area contributed by atoms with Crippen LogP contribution in [0, 0.1) is 0 Å². The SMILES string of the molecule is NC1=NCC(c2cncs2)N1C1CCCCCC1. The Morgan fingerprint density at radius 3 is 2.67 bits per heavy atom. The molecule has 1 fully saturated rings. The fraction of sp³-hybridized carbons (Fsp3) is 0.692. The molecule has 0 amide bonds. The quantitative estimate of drug-likeness (QED) is 0.835. The number of hydrogen-bond acceptors (Lipinski definition) is 5. The molecule has 0 radical (unpaired) electrons. The zero-order valence-corrected chi connectivity index (χ0v) is 11.4. The van der Waals surface area contributed by atoms with Gasteiger partial charge in [-0.05, 0) is 12.8 Å². The molecule has 0 saturated heterocycles. The van der Waals surface area contributed by atoms with Crippen molar-refractivity contribution in [1.82, 2.24) is 9.88 Å². The molecule has 5 heteroatoms.